The predicted molar refractivity (Wildman–Crippen MR) is 59.7 cm³/mol. The van der Waals surface area contributed by atoms with Crippen molar-refractivity contribution in [1.29, 1.82) is 0 Å². The van der Waals surface area contributed by atoms with Crippen molar-refractivity contribution in [1.82, 2.24) is 0 Å². The Kier molecular flexibility index (Phi) is 4.28. The van der Waals surface area contributed by atoms with Gasteiger partial charge in [0.15, 0.2) is 0 Å². The number of aryl methyl sites for hydroxylation is 2. The lowest BCUT2D eigenvalue weighted by Crippen LogP contribution is -2.00. The standard InChI is InChI=1S/C12H16FNO/c1-9-7-10(5-3-4-6-15)12(14-2)11(13)8-9/h6-8,14H,3-5H2,1-2H3. The van der Waals surface area contributed by atoms with Crippen molar-refractivity contribution in [2.45, 2.75) is 26.2 Å². The van der Waals surface area contributed by atoms with Crippen LogP contribution in [0.25, 0.3) is 0 Å². The average molecular weight is 209 g/mol. The van der Waals surface area contributed by atoms with E-state index in [1.807, 2.05) is 13.0 Å². The molecule has 0 heterocycles. The second-order valence-corrected chi connectivity index (χ2v) is 3.59. The summed E-state index contributed by atoms with van der Waals surface area (Å²) in [5.74, 6) is -0.224. The molecule has 0 saturated carbocycles. The van der Waals surface area contributed by atoms with Gasteiger partial charge in [0.2, 0.25) is 0 Å². The molecule has 1 aromatic carbocycles. The minimum atomic E-state index is -0.224. The van der Waals surface area contributed by atoms with Crippen LogP contribution in [0.5, 0.6) is 0 Å². The van der Waals surface area contributed by atoms with Gasteiger partial charge in [-0.3, -0.25) is 0 Å². The van der Waals surface area contributed by atoms with Crippen molar-refractivity contribution in [2.75, 3.05) is 12.4 Å². The summed E-state index contributed by atoms with van der Waals surface area (Å²) in [6, 6.07) is 3.47. The topological polar surface area (TPSA) is 29.1 Å². The minimum Gasteiger partial charge on any atom is -0.386 e. The van der Waals surface area contributed by atoms with Gasteiger partial charge in [0.05, 0.1) is 5.69 Å². The van der Waals surface area contributed by atoms with Crippen LogP contribution in [0, 0.1) is 12.7 Å². The summed E-state index contributed by atoms with van der Waals surface area (Å²) in [6.07, 6.45) is 2.92. The molecule has 0 bridgehead atoms. The summed E-state index contributed by atoms with van der Waals surface area (Å²) < 4.78 is 13.5. The molecule has 1 N–H and O–H groups in total. The number of hydrogen-bond acceptors (Lipinski definition) is 2. The van der Waals surface area contributed by atoms with Crippen molar-refractivity contribution in [3.63, 3.8) is 0 Å². The smallest absolute Gasteiger partial charge is 0.146 e. The summed E-state index contributed by atoms with van der Waals surface area (Å²) in [7, 11) is 1.71. The Morgan fingerprint density at radius 3 is 2.80 bits per heavy atom. The van der Waals surface area contributed by atoms with Crippen LogP contribution in [0.1, 0.15) is 24.0 Å². The summed E-state index contributed by atoms with van der Waals surface area (Å²) in [4.78, 5) is 10.2. The quantitative estimate of drug-likeness (QED) is 0.596. The second kappa shape index (κ2) is 5.49. The van der Waals surface area contributed by atoms with Crippen molar-refractivity contribution in [3.05, 3.63) is 29.1 Å². The minimum absolute atomic E-state index is 0.224. The van der Waals surface area contributed by atoms with Gasteiger partial charge in [0.1, 0.15) is 12.1 Å². The third-order valence-corrected chi connectivity index (χ3v) is 2.33. The predicted octanol–water partition coefficient (Wildman–Crippen LogP) is 2.70. The van der Waals surface area contributed by atoms with E-state index in [1.54, 1.807) is 7.05 Å². The van der Waals surface area contributed by atoms with E-state index < -0.39 is 0 Å². The zero-order chi connectivity index (χ0) is 11.3. The molecule has 0 aliphatic carbocycles. The normalized spacial score (nSPS) is 10.1. The van der Waals surface area contributed by atoms with Crippen molar-refractivity contribution in [2.24, 2.45) is 0 Å². The van der Waals surface area contributed by atoms with E-state index in [2.05, 4.69) is 5.32 Å². The van der Waals surface area contributed by atoms with E-state index >= 15 is 0 Å². The Morgan fingerprint density at radius 1 is 1.47 bits per heavy atom. The second-order valence-electron chi connectivity index (χ2n) is 3.59. The highest BCUT2D eigenvalue weighted by Gasteiger charge is 2.07. The van der Waals surface area contributed by atoms with Gasteiger partial charge in [-0.1, -0.05) is 6.07 Å². The van der Waals surface area contributed by atoms with Gasteiger partial charge >= 0.3 is 0 Å². The molecule has 0 saturated heterocycles. The van der Waals surface area contributed by atoms with Crippen molar-refractivity contribution >= 4 is 12.0 Å². The molecule has 0 aliphatic heterocycles. The van der Waals surface area contributed by atoms with Gasteiger partial charge in [-0.15, -0.1) is 0 Å². The first-order chi connectivity index (χ1) is 7.19. The van der Waals surface area contributed by atoms with Gasteiger partial charge < -0.3 is 10.1 Å². The van der Waals surface area contributed by atoms with Gasteiger partial charge in [0.25, 0.3) is 0 Å². The zero-order valence-electron chi connectivity index (χ0n) is 9.14. The first kappa shape index (κ1) is 11.7. The lowest BCUT2D eigenvalue weighted by Gasteiger charge is -2.10. The van der Waals surface area contributed by atoms with Crippen molar-refractivity contribution in [3.8, 4) is 0 Å². The molecule has 3 heteroatoms. The summed E-state index contributed by atoms with van der Waals surface area (Å²) >= 11 is 0. The maximum absolute atomic E-state index is 13.5. The highest BCUT2D eigenvalue weighted by molar-refractivity contribution is 5.54. The first-order valence-corrected chi connectivity index (χ1v) is 5.09. The van der Waals surface area contributed by atoms with Crippen LogP contribution < -0.4 is 5.32 Å². The number of carbonyl (C=O) groups excluding carboxylic acids is 1. The molecule has 0 spiro atoms. The molecule has 0 unspecified atom stereocenters. The largest absolute Gasteiger partial charge is 0.386 e. The van der Waals surface area contributed by atoms with Crippen LogP contribution in [-0.4, -0.2) is 13.3 Å². The molecule has 15 heavy (non-hydrogen) atoms. The molecular formula is C12H16FNO. The lowest BCUT2D eigenvalue weighted by atomic mass is 10.0. The first-order valence-electron chi connectivity index (χ1n) is 5.09. The maximum atomic E-state index is 13.5. The summed E-state index contributed by atoms with van der Waals surface area (Å²) in [6.45, 7) is 1.87. The number of rotatable bonds is 5. The van der Waals surface area contributed by atoms with E-state index in [9.17, 15) is 9.18 Å². The van der Waals surface area contributed by atoms with E-state index in [-0.39, 0.29) is 5.82 Å². The van der Waals surface area contributed by atoms with E-state index in [0.717, 1.165) is 30.3 Å². The maximum Gasteiger partial charge on any atom is 0.146 e. The fraction of sp³-hybridized carbons (Fsp3) is 0.417. The number of benzene rings is 1. The Labute approximate surface area is 89.5 Å². The number of hydrogen-bond donors (Lipinski definition) is 1. The summed E-state index contributed by atoms with van der Waals surface area (Å²) in [5, 5.41) is 2.85. The molecule has 82 valence electrons. The van der Waals surface area contributed by atoms with Crippen molar-refractivity contribution < 1.29 is 9.18 Å². The third-order valence-electron chi connectivity index (χ3n) is 2.33. The molecule has 1 aromatic rings. The molecule has 1 rings (SSSR count). The molecule has 2 nitrogen and oxygen atoms in total. The number of nitrogens with one attached hydrogen (secondary N) is 1. The monoisotopic (exact) mass is 209 g/mol. The zero-order valence-corrected chi connectivity index (χ0v) is 9.14. The molecule has 0 amide bonds. The molecule has 0 aromatic heterocycles. The van der Waals surface area contributed by atoms with E-state index in [1.165, 1.54) is 6.07 Å². The van der Waals surface area contributed by atoms with Gasteiger partial charge in [0, 0.05) is 13.5 Å². The van der Waals surface area contributed by atoms with E-state index in [4.69, 9.17) is 0 Å². The lowest BCUT2D eigenvalue weighted by molar-refractivity contribution is -0.107. The Bertz CT molecular complexity index is 350. The van der Waals surface area contributed by atoms with Crippen LogP contribution in [0.15, 0.2) is 12.1 Å². The Balaban J connectivity index is 2.88. The average Bonchev–Trinajstić information content (AvgIpc) is 2.17. The number of anilines is 1. The molecule has 0 radical (unpaired) electrons. The van der Waals surface area contributed by atoms with Crippen LogP contribution >= 0.6 is 0 Å². The number of carbonyl (C=O) groups is 1. The van der Waals surface area contributed by atoms with Gasteiger partial charge in [-0.05, 0) is 37.0 Å². The van der Waals surface area contributed by atoms with Crippen LogP contribution in [0.2, 0.25) is 0 Å². The van der Waals surface area contributed by atoms with Crippen LogP contribution in [0.3, 0.4) is 0 Å². The third kappa shape index (κ3) is 3.05. The molecule has 0 fully saturated rings. The summed E-state index contributed by atoms with van der Waals surface area (Å²) in [5.41, 5.74) is 2.40. The van der Waals surface area contributed by atoms with Crippen LogP contribution in [0.4, 0.5) is 10.1 Å². The number of unbranched alkanes of at least 4 members (excludes halogenated alkanes) is 1. The van der Waals surface area contributed by atoms with E-state index in [0.29, 0.717) is 12.1 Å². The molecule has 0 aliphatic rings. The highest BCUT2D eigenvalue weighted by Crippen LogP contribution is 2.23. The molecular weight excluding hydrogens is 193 g/mol. The SMILES string of the molecule is CNc1c(F)cc(C)cc1CCCC=O. The van der Waals surface area contributed by atoms with Gasteiger partial charge in [-0.2, -0.15) is 0 Å². The van der Waals surface area contributed by atoms with Gasteiger partial charge in [-0.25, -0.2) is 4.39 Å². The number of halogens is 1. The Morgan fingerprint density at radius 2 is 2.20 bits per heavy atom. The number of aldehydes is 1. The fourth-order valence-corrected chi connectivity index (χ4v) is 1.67. The Hall–Kier alpha value is -1.38. The van der Waals surface area contributed by atoms with Crippen LogP contribution in [-0.2, 0) is 11.2 Å². The fourth-order valence-electron chi connectivity index (χ4n) is 1.67. The highest BCUT2D eigenvalue weighted by atomic mass is 19.1. The molecule has 0 atom stereocenters.